The van der Waals surface area contributed by atoms with Crippen molar-refractivity contribution in [1.82, 2.24) is 14.8 Å². The second-order valence-corrected chi connectivity index (χ2v) is 8.32. The molecule has 0 atom stereocenters. The summed E-state index contributed by atoms with van der Waals surface area (Å²) in [6.07, 6.45) is 0.209. The van der Waals surface area contributed by atoms with Crippen LogP contribution < -0.4 is 5.32 Å². The lowest BCUT2D eigenvalue weighted by Gasteiger charge is -2.11. The molecule has 4 rings (SSSR count). The van der Waals surface area contributed by atoms with Gasteiger partial charge in [-0.2, -0.15) is 5.26 Å². The Hall–Kier alpha value is -3.96. The van der Waals surface area contributed by atoms with Crippen molar-refractivity contribution in [2.24, 2.45) is 0 Å². The number of para-hydroxylation sites is 1. The van der Waals surface area contributed by atoms with E-state index in [9.17, 15) is 14.4 Å². The molecule has 1 N–H and O–H groups in total. The summed E-state index contributed by atoms with van der Waals surface area (Å²) in [4.78, 5) is 12.4. The average Bonchev–Trinajstić information content (AvgIpc) is 3.24. The highest BCUT2D eigenvalue weighted by atomic mass is 32.2. The van der Waals surface area contributed by atoms with Crippen molar-refractivity contribution in [1.29, 1.82) is 5.26 Å². The Bertz CT molecular complexity index is 1330. The second kappa shape index (κ2) is 10.1. The van der Waals surface area contributed by atoms with E-state index < -0.39 is 0 Å². The molecule has 33 heavy (non-hydrogen) atoms. The monoisotopic (exact) mass is 457 g/mol. The van der Waals surface area contributed by atoms with Crippen LogP contribution in [0.4, 0.5) is 10.1 Å². The number of benzene rings is 3. The van der Waals surface area contributed by atoms with E-state index in [1.54, 1.807) is 47.0 Å². The lowest BCUT2D eigenvalue weighted by atomic mass is 10.2. The number of amides is 1. The van der Waals surface area contributed by atoms with Crippen LogP contribution in [0.5, 0.6) is 0 Å². The van der Waals surface area contributed by atoms with Crippen molar-refractivity contribution < 1.29 is 9.18 Å². The van der Waals surface area contributed by atoms with E-state index in [-0.39, 0.29) is 18.1 Å². The molecule has 6 nitrogen and oxygen atoms in total. The fraction of sp³-hybridized carbons (Fsp3) is 0.120. The van der Waals surface area contributed by atoms with Crippen molar-refractivity contribution in [2.45, 2.75) is 18.5 Å². The first kappa shape index (κ1) is 22.2. The molecule has 1 aromatic heterocycles. The summed E-state index contributed by atoms with van der Waals surface area (Å²) in [5, 5.41) is 21.0. The van der Waals surface area contributed by atoms with E-state index in [1.807, 2.05) is 31.2 Å². The zero-order valence-corrected chi connectivity index (χ0v) is 18.6. The van der Waals surface area contributed by atoms with Gasteiger partial charge in [-0.1, -0.05) is 53.7 Å². The van der Waals surface area contributed by atoms with Gasteiger partial charge >= 0.3 is 0 Å². The Morgan fingerprint density at radius 3 is 2.55 bits per heavy atom. The number of hydrogen-bond donors (Lipinski definition) is 1. The summed E-state index contributed by atoms with van der Waals surface area (Å²) in [7, 11) is 0. The molecule has 0 radical (unpaired) electrons. The van der Waals surface area contributed by atoms with Crippen LogP contribution >= 0.6 is 11.8 Å². The van der Waals surface area contributed by atoms with Gasteiger partial charge in [0.05, 0.1) is 16.8 Å². The fourth-order valence-corrected chi connectivity index (χ4v) is 4.13. The van der Waals surface area contributed by atoms with Crippen LogP contribution in [0.15, 0.2) is 78.0 Å². The van der Waals surface area contributed by atoms with Gasteiger partial charge in [0, 0.05) is 17.9 Å². The largest absolute Gasteiger partial charge is 0.325 e. The summed E-state index contributed by atoms with van der Waals surface area (Å²) >= 11 is 1.36. The first-order chi connectivity index (χ1) is 16.1. The predicted molar refractivity (Wildman–Crippen MR) is 127 cm³/mol. The zero-order valence-electron chi connectivity index (χ0n) is 17.8. The number of nitriles is 1. The number of nitrogens with one attached hydrogen (secondary N) is 1. The highest BCUT2D eigenvalue weighted by Gasteiger charge is 2.19. The molecule has 4 aromatic rings. The van der Waals surface area contributed by atoms with Gasteiger partial charge in [-0.05, 0) is 43.3 Å². The first-order valence-corrected chi connectivity index (χ1v) is 11.2. The van der Waals surface area contributed by atoms with Crippen molar-refractivity contribution in [3.05, 3.63) is 89.7 Å². The lowest BCUT2D eigenvalue weighted by Crippen LogP contribution is -2.13. The summed E-state index contributed by atoms with van der Waals surface area (Å²) in [5.74, 6) is 0.236. The quantitative estimate of drug-likeness (QED) is 0.377. The molecule has 1 amide bonds. The number of aromatic nitrogens is 3. The fourth-order valence-electron chi connectivity index (χ4n) is 3.24. The number of anilines is 1. The number of halogens is 1. The van der Waals surface area contributed by atoms with Crippen LogP contribution in [0.3, 0.4) is 0 Å². The van der Waals surface area contributed by atoms with E-state index in [2.05, 4.69) is 21.6 Å². The Morgan fingerprint density at radius 2 is 1.79 bits per heavy atom. The van der Waals surface area contributed by atoms with Crippen LogP contribution in [-0.2, 0) is 4.79 Å². The highest BCUT2D eigenvalue weighted by molar-refractivity contribution is 7.99. The number of carbonyl (C=O) groups excluding carboxylic acids is 1. The molecule has 164 valence electrons. The van der Waals surface area contributed by atoms with E-state index in [0.717, 1.165) is 11.3 Å². The van der Waals surface area contributed by atoms with E-state index in [0.29, 0.717) is 33.5 Å². The number of rotatable bonds is 7. The van der Waals surface area contributed by atoms with Gasteiger partial charge in [0.25, 0.3) is 0 Å². The molecule has 8 heteroatoms. The molecule has 0 aliphatic heterocycles. The van der Waals surface area contributed by atoms with Crippen molar-refractivity contribution in [2.75, 3.05) is 11.1 Å². The van der Waals surface area contributed by atoms with Gasteiger partial charge in [0.2, 0.25) is 5.91 Å². The van der Waals surface area contributed by atoms with Crippen LogP contribution in [-0.4, -0.2) is 26.4 Å². The summed E-state index contributed by atoms with van der Waals surface area (Å²) in [5.41, 5.74) is 3.15. The summed E-state index contributed by atoms with van der Waals surface area (Å²) in [6.45, 7) is 1.99. The van der Waals surface area contributed by atoms with Crippen LogP contribution in [0.25, 0.3) is 17.1 Å². The number of thioether (sulfide) groups is 1. The van der Waals surface area contributed by atoms with Crippen molar-refractivity contribution >= 4 is 23.4 Å². The minimum atomic E-state index is -0.384. The lowest BCUT2D eigenvalue weighted by molar-refractivity contribution is -0.115. The number of hydrogen-bond acceptors (Lipinski definition) is 5. The highest BCUT2D eigenvalue weighted by Crippen LogP contribution is 2.30. The van der Waals surface area contributed by atoms with E-state index in [1.165, 1.54) is 17.8 Å². The van der Waals surface area contributed by atoms with Gasteiger partial charge < -0.3 is 5.32 Å². The molecule has 0 bridgehead atoms. The standard InChI is InChI=1S/C25H20FN5OS/c1-17-10-12-19(13-11-17)31-24(20-7-3-4-8-21(20)26)29-30-25(31)33-15-14-23(32)28-22-9-5-2-6-18(22)16-27/h2-13H,14-15H2,1H3,(H,28,32). The maximum Gasteiger partial charge on any atom is 0.225 e. The van der Waals surface area contributed by atoms with Crippen molar-refractivity contribution in [3.8, 4) is 23.1 Å². The molecule has 0 saturated heterocycles. The third-order valence-electron chi connectivity index (χ3n) is 4.92. The maximum absolute atomic E-state index is 14.5. The Morgan fingerprint density at radius 1 is 1.06 bits per heavy atom. The van der Waals surface area contributed by atoms with Crippen LogP contribution in [0, 0.1) is 24.1 Å². The molecule has 0 unspecified atom stereocenters. The second-order valence-electron chi connectivity index (χ2n) is 7.26. The molecular weight excluding hydrogens is 437 g/mol. The smallest absolute Gasteiger partial charge is 0.225 e. The Labute approximate surface area is 195 Å². The zero-order chi connectivity index (χ0) is 23.2. The predicted octanol–water partition coefficient (Wildman–Crippen LogP) is 5.37. The van der Waals surface area contributed by atoms with Crippen LogP contribution in [0.2, 0.25) is 0 Å². The summed E-state index contributed by atoms with van der Waals surface area (Å²) in [6, 6.07) is 23.1. The SMILES string of the molecule is Cc1ccc(-n2c(SCCC(=O)Nc3ccccc3C#N)nnc2-c2ccccc2F)cc1. The molecule has 0 fully saturated rings. The Kier molecular flexibility index (Phi) is 6.81. The molecule has 0 aliphatic carbocycles. The Balaban J connectivity index is 1.54. The molecule has 3 aromatic carbocycles. The molecule has 1 heterocycles. The van der Waals surface area contributed by atoms with Gasteiger partial charge in [0.15, 0.2) is 11.0 Å². The number of carbonyl (C=O) groups is 1. The van der Waals surface area contributed by atoms with Crippen LogP contribution in [0.1, 0.15) is 17.5 Å². The van der Waals surface area contributed by atoms with Crippen molar-refractivity contribution in [3.63, 3.8) is 0 Å². The topological polar surface area (TPSA) is 83.6 Å². The molecular formula is C25H20FN5OS. The number of aryl methyl sites for hydroxylation is 1. The molecule has 0 saturated carbocycles. The minimum absolute atomic E-state index is 0.207. The van der Waals surface area contributed by atoms with Gasteiger partial charge in [-0.25, -0.2) is 4.39 Å². The third kappa shape index (κ3) is 5.10. The normalized spacial score (nSPS) is 10.6. The third-order valence-corrected chi connectivity index (χ3v) is 5.85. The van der Waals surface area contributed by atoms with Gasteiger partial charge in [-0.15, -0.1) is 10.2 Å². The maximum atomic E-state index is 14.5. The number of nitrogens with zero attached hydrogens (tertiary/aromatic N) is 4. The average molecular weight is 458 g/mol. The first-order valence-electron chi connectivity index (χ1n) is 10.3. The van der Waals surface area contributed by atoms with Gasteiger partial charge in [0.1, 0.15) is 11.9 Å². The summed E-state index contributed by atoms with van der Waals surface area (Å²) < 4.78 is 16.3. The molecule has 0 aliphatic rings. The van der Waals surface area contributed by atoms with E-state index in [4.69, 9.17) is 0 Å². The van der Waals surface area contributed by atoms with E-state index >= 15 is 0 Å². The van der Waals surface area contributed by atoms with Gasteiger partial charge in [-0.3, -0.25) is 9.36 Å². The molecule has 0 spiro atoms. The minimum Gasteiger partial charge on any atom is -0.325 e.